The van der Waals surface area contributed by atoms with E-state index < -0.39 is 43.8 Å². The predicted octanol–water partition coefficient (Wildman–Crippen LogP) is 1.02. The molecule has 1 N–H and O–H groups in total. The highest BCUT2D eigenvalue weighted by Crippen LogP contribution is 2.34. The van der Waals surface area contributed by atoms with Gasteiger partial charge in [-0.15, -0.1) is 0 Å². The van der Waals surface area contributed by atoms with E-state index in [4.69, 9.17) is 5.11 Å². The lowest BCUT2D eigenvalue weighted by Crippen LogP contribution is -2.36. The highest BCUT2D eigenvalue weighted by atomic mass is 32.2. The summed E-state index contributed by atoms with van der Waals surface area (Å²) in [5, 5.41) is 19.6. The van der Waals surface area contributed by atoms with Gasteiger partial charge in [-0.2, -0.15) is 8.70 Å². The molecule has 0 amide bonds. The van der Waals surface area contributed by atoms with Gasteiger partial charge in [0, 0.05) is 24.7 Å². The second kappa shape index (κ2) is 5.62. The molecule has 7 nitrogen and oxygen atoms in total. The third kappa shape index (κ3) is 3.01. The maximum atomic E-state index is 13.7. The summed E-state index contributed by atoms with van der Waals surface area (Å²) >= 11 is 0. The lowest BCUT2D eigenvalue weighted by atomic mass is 10.3. The number of sulfonamides is 1. The van der Waals surface area contributed by atoms with E-state index in [1.165, 1.54) is 0 Å². The Bertz CT molecular complexity index is 675. The van der Waals surface area contributed by atoms with Gasteiger partial charge < -0.3 is 5.11 Å². The van der Waals surface area contributed by atoms with Crippen molar-refractivity contribution in [3.05, 3.63) is 33.9 Å². The minimum Gasteiger partial charge on any atom is -0.395 e. The Balaban J connectivity index is 2.53. The highest BCUT2D eigenvalue weighted by molar-refractivity contribution is 7.89. The molecule has 1 aliphatic rings. The van der Waals surface area contributed by atoms with E-state index in [0.29, 0.717) is 18.9 Å². The molecule has 0 heterocycles. The van der Waals surface area contributed by atoms with Crippen LogP contribution in [0.3, 0.4) is 0 Å². The van der Waals surface area contributed by atoms with Gasteiger partial charge in [0.15, 0.2) is 0 Å². The number of rotatable bonds is 6. The fraction of sp³-hybridized carbons (Fsp3) is 0.455. The van der Waals surface area contributed by atoms with Gasteiger partial charge >= 0.3 is 5.69 Å². The molecule has 0 bridgehead atoms. The van der Waals surface area contributed by atoms with Gasteiger partial charge in [0.05, 0.1) is 11.5 Å². The standard InChI is InChI=1S/C11H12F2N2O5S/c12-8-5-9(13)11(6-10(8)15(17)18)21(19,20)14(3-4-16)7-1-2-7/h5-7,16H,1-4H2. The number of nitro groups is 1. The van der Waals surface area contributed by atoms with Crippen molar-refractivity contribution in [2.24, 2.45) is 0 Å². The smallest absolute Gasteiger partial charge is 0.306 e. The number of halogens is 2. The average Bonchev–Trinajstić information content (AvgIpc) is 3.18. The number of aliphatic hydroxyl groups is 1. The summed E-state index contributed by atoms with van der Waals surface area (Å²) in [7, 11) is -4.38. The van der Waals surface area contributed by atoms with Gasteiger partial charge in [-0.25, -0.2) is 12.8 Å². The molecule has 0 atom stereocenters. The zero-order chi connectivity index (χ0) is 15.8. The number of nitro benzene ring substituents is 1. The molecule has 0 spiro atoms. The van der Waals surface area contributed by atoms with Crippen molar-refractivity contribution in [1.82, 2.24) is 4.31 Å². The molecule has 21 heavy (non-hydrogen) atoms. The zero-order valence-electron chi connectivity index (χ0n) is 10.7. The molecule has 0 unspecified atom stereocenters. The van der Waals surface area contributed by atoms with Crippen LogP contribution in [0, 0.1) is 21.7 Å². The number of hydrogen-bond acceptors (Lipinski definition) is 5. The molecule has 116 valence electrons. The molecular weight excluding hydrogens is 310 g/mol. The van der Waals surface area contributed by atoms with Crippen LogP contribution in [0.2, 0.25) is 0 Å². The lowest BCUT2D eigenvalue weighted by Gasteiger charge is -2.21. The molecule has 0 aromatic heterocycles. The number of hydrogen-bond donors (Lipinski definition) is 1. The van der Waals surface area contributed by atoms with Crippen molar-refractivity contribution in [2.75, 3.05) is 13.2 Å². The van der Waals surface area contributed by atoms with Crippen LogP contribution in [0.5, 0.6) is 0 Å². The molecule has 0 radical (unpaired) electrons. The summed E-state index contributed by atoms with van der Waals surface area (Å²) < 4.78 is 52.6. The summed E-state index contributed by atoms with van der Waals surface area (Å²) in [5.41, 5.74) is -1.12. The molecule has 0 aliphatic heterocycles. The van der Waals surface area contributed by atoms with Gasteiger partial charge in [0.1, 0.15) is 10.7 Å². The fourth-order valence-electron chi connectivity index (χ4n) is 1.94. The van der Waals surface area contributed by atoms with Crippen LogP contribution in [0.25, 0.3) is 0 Å². The first-order valence-electron chi connectivity index (χ1n) is 6.05. The number of nitrogens with zero attached hydrogens (tertiary/aromatic N) is 2. The van der Waals surface area contributed by atoms with Crippen molar-refractivity contribution in [3.63, 3.8) is 0 Å². The zero-order valence-corrected chi connectivity index (χ0v) is 11.5. The minimum atomic E-state index is -4.38. The monoisotopic (exact) mass is 322 g/mol. The third-order valence-electron chi connectivity index (χ3n) is 3.06. The molecule has 1 aromatic rings. The Hall–Kier alpha value is -1.65. The second-order valence-electron chi connectivity index (χ2n) is 4.56. The summed E-state index contributed by atoms with van der Waals surface area (Å²) in [6.45, 7) is -0.724. The summed E-state index contributed by atoms with van der Waals surface area (Å²) in [6.07, 6.45) is 1.12. The number of aliphatic hydroxyl groups excluding tert-OH is 1. The van der Waals surface area contributed by atoms with E-state index in [1.807, 2.05) is 0 Å². The Morgan fingerprint density at radius 2 is 1.95 bits per heavy atom. The molecule has 2 rings (SSSR count). The summed E-state index contributed by atoms with van der Waals surface area (Å²) in [4.78, 5) is 8.56. The summed E-state index contributed by atoms with van der Waals surface area (Å²) in [5.74, 6) is -2.85. The maximum Gasteiger partial charge on any atom is 0.306 e. The third-order valence-corrected chi connectivity index (χ3v) is 5.03. The topological polar surface area (TPSA) is 101 Å². The predicted molar refractivity (Wildman–Crippen MR) is 67.0 cm³/mol. The van der Waals surface area contributed by atoms with Crippen LogP contribution >= 0.6 is 0 Å². The minimum absolute atomic E-state index is 0.176. The quantitative estimate of drug-likeness (QED) is 0.622. The molecular formula is C11H12F2N2O5S. The first-order valence-corrected chi connectivity index (χ1v) is 7.49. The van der Waals surface area contributed by atoms with Crippen molar-refractivity contribution in [3.8, 4) is 0 Å². The van der Waals surface area contributed by atoms with Crippen LogP contribution in [0.15, 0.2) is 17.0 Å². The maximum absolute atomic E-state index is 13.7. The molecule has 1 saturated carbocycles. The van der Waals surface area contributed by atoms with E-state index in [0.717, 1.165) is 4.31 Å². The van der Waals surface area contributed by atoms with Crippen LogP contribution in [-0.2, 0) is 10.0 Å². The van der Waals surface area contributed by atoms with Gasteiger partial charge in [-0.1, -0.05) is 0 Å². The Morgan fingerprint density at radius 1 is 1.33 bits per heavy atom. The Morgan fingerprint density at radius 3 is 2.43 bits per heavy atom. The first-order chi connectivity index (χ1) is 9.78. The first kappa shape index (κ1) is 15.7. The van der Waals surface area contributed by atoms with Gasteiger partial charge in [-0.3, -0.25) is 10.1 Å². The van der Waals surface area contributed by atoms with Crippen LogP contribution < -0.4 is 0 Å². The van der Waals surface area contributed by atoms with Crippen molar-refractivity contribution >= 4 is 15.7 Å². The lowest BCUT2D eigenvalue weighted by molar-refractivity contribution is -0.387. The molecule has 0 saturated heterocycles. The summed E-state index contributed by atoms with van der Waals surface area (Å²) in [6, 6.07) is 0.174. The molecule has 1 fully saturated rings. The molecule has 10 heteroatoms. The van der Waals surface area contributed by atoms with Crippen LogP contribution in [0.1, 0.15) is 12.8 Å². The van der Waals surface area contributed by atoms with Crippen LogP contribution in [-0.4, -0.2) is 41.9 Å². The molecule has 1 aliphatic carbocycles. The van der Waals surface area contributed by atoms with Gasteiger partial charge in [0.2, 0.25) is 15.8 Å². The Labute approximate surface area is 119 Å². The van der Waals surface area contributed by atoms with Crippen molar-refractivity contribution in [1.29, 1.82) is 0 Å². The van der Waals surface area contributed by atoms with E-state index in [9.17, 15) is 27.3 Å². The van der Waals surface area contributed by atoms with Crippen LogP contribution in [0.4, 0.5) is 14.5 Å². The SMILES string of the molecule is O=[N+]([O-])c1cc(S(=O)(=O)N(CCO)C2CC2)c(F)cc1F. The normalized spacial score (nSPS) is 15.4. The molecule has 1 aromatic carbocycles. The second-order valence-corrected chi connectivity index (χ2v) is 6.42. The average molecular weight is 322 g/mol. The van der Waals surface area contributed by atoms with Crippen molar-refractivity contribution < 1.29 is 27.2 Å². The van der Waals surface area contributed by atoms with E-state index in [2.05, 4.69) is 0 Å². The highest BCUT2D eigenvalue weighted by Gasteiger charge is 2.40. The van der Waals surface area contributed by atoms with E-state index >= 15 is 0 Å². The Kier molecular flexibility index (Phi) is 4.21. The largest absolute Gasteiger partial charge is 0.395 e. The van der Waals surface area contributed by atoms with Gasteiger partial charge in [0.25, 0.3) is 0 Å². The van der Waals surface area contributed by atoms with E-state index in [-0.39, 0.29) is 18.7 Å². The fourth-order valence-corrected chi connectivity index (χ4v) is 3.69. The van der Waals surface area contributed by atoms with Crippen molar-refractivity contribution in [2.45, 2.75) is 23.8 Å². The number of benzene rings is 1. The van der Waals surface area contributed by atoms with E-state index in [1.54, 1.807) is 0 Å². The van der Waals surface area contributed by atoms with Gasteiger partial charge in [-0.05, 0) is 12.8 Å².